The Balaban J connectivity index is 2.14. The number of hydrogen-bond acceptors (Lipinski definition) is 2. The molecule has 2 aromatic rings. The minimum Gasteiger partial charge on any atom is -0.449 e. The molecule has 0 aliphatic carbocycles. The van der Waals surface area contributed by atoms with Crippen molar-refractivity contribution in [1.29, 1.82) is 0 Å². The van der Waals surface area contributed by atoms with E-state index in [2.05, 4.69) is 47.8 Å². The van der Waals surface area contributed by atoms with Crippen LogP contribution in [0.15, 0.2) is 43.7 Å². The number of fused-ring (bicyclic) bond motifs is 2. The molecule has 86 valence electrons. The van der Waals surface area contributed by atoms with Crippen LogP contribution in [0.4, 0.5) is 0 Å². The van der Waals surface area contributed by atoms with E-state index in [-0.39, 0.29) is 0 Å². The number of benzene rings is 2. The first-order valence-corrected chi connectivity index (χ1v) is 7.16. The quantitative estimate of drug-likeness (QED) is 0.452. The highest BCUT2D eigenvalue weighted by atomic mass is 79.9. The molecule has 2 nitrogen and oxygen atoms in total. The maximum absolute atomic E-state index is 5.82. The first-order valence-electron chi connectivity index (χ1n) is 4.78. The van der Waals surface area contributed by atoms with E-state index in [1.165, 1.54) is 0 Å². The summed E-state index contributed by atoms with van der Waals surface area (Å²) >= 11 is 10.3. The normalized spacial score (nSPS) is 12.2. The van der Waals surface area contributed by atoms with E-state index in [0.717, 1.165) is 13.4 Å². The number of rotatable bonds is 0. The molecule has 0 saturated heterocycles. The van der Waals surface area contributed by atoms with Crippen LogP contribution in [0.5, 0.6) is 23.0 Å². The van der Waals surface area contributed by atoms with Gasteiger partial charge in [0.1, 0.15) is 0 Å². The van der Waals surface area contributed by atoms with Gasteiger partial charge in [-0.1, -0.05) is 31.9 Å². The maximum Gasteiger partial charge on any atom is 0.184 e. The van der Waals surface area contributed by atoms with Gasteiger partial charge < -0.3 is 9.47 Å². The Morgan fingerprint density at radius 2 is 1.47 bits per heavy atom. The van der Waals surface area contributed by atoms with Crippen molar-refractivity contribution in [2.45, 2.75) is 0 Å². The van der Waals surface area contributed by atoms with Crippen molar-refractivity contribution in [2.24, 2.45) is 0 Å². The summed E-state index contributed by atoms with van der Waals surface area (Å²) in [5.41, 5.74) is 0. The summed E-state index contributed by atoms with van der Waals surface area (Å²) in [6.45, 7) is 0. The molecule has 0 fully saturated rings. The molecule has 0 aromatic heterocycles. The van der Waals surface area contributed by atoms with Gasteiger partial charge in [-0.3, -0.25) is 0 Å². The lowest BCUT2D eigenvalue weighted by atomic mass is 10.2. The first kappa shape index (κ1) is 11.6. The second-order valence-electron chi connectivity index (χ2n) is 3.51. The van der Waals surface area contributed by atoms with E-state index in [9.17, 15) is 0 Å². The van der Waals surface area contributed by atoms with Crippen molar-refractivity contribution in [3.8, 4) is 23.0 Å². The zero-order valence-electron chi connectivity index (χ0n) is 8.34. The molecular weight excluding hydrogens is 416 g/mol. The van der Waals surface area contributed by atoms with Crippen LogP contribution < -0.4 is 9.47 Å². The fourth-order valence-corrected chi connectivity index (χ4v) is 3.19. The van der Waals surface area contributed by atoms with Gasteiger partial charge in [-0.15, -0.1) is 0 Å². The molecule has 0 N–H and O–H groups in total. The summed E-state index contributed by atoms with van der Waals surface area (Å²) in [6, 6.07) is 9.47. The van der Waals surface area contributed by atoms with Crippen molar-refractivity contribution < 1.29 is 9.47 Å². The van der Waals surface area contributed by atoms with Crippen molar-refractivity contribution in [1.82, 2.24) is 0 Å². The van der Waals surface area contributed by atoms with Gasteiger partial charge in [0.25, 0.3) is 0 Å². The Kier molecular flexibility index (Phi) is 2.92. The smallest absolute Gasteiger partial charge is 0.184 e. The van der Waals surface area contributed by atoms with E-state index in [1.807, 2.05) is 30.3 Å². The Morgan fingerprint density at radius 3 is 2.29 bits per heavy atom. The molecule has 5 heteroatoms. The van der Waals surface area contributed by atoms with Crippen LogP contribution in [0, 0.1) is 0 Å². The highest BCUT2D eigenvalue weighted by molar-refractivity contribution is 9.11. The number of hydrogen-bond donors (Lipinski definition) is 0. The highest BCUT2D eigenvalue weighted by Crippen LogP contribution is 2.50. The minimum atomic E-state index is 0.693. The zero-order chi connectivity index (χ0) is 12.0. The van der Waals surface area contributed by atoms with Crippen LogP contribution in [-0.4, -0.2) is 0 Å². The minimum absolute atomic E-state index is 0.693. The molecule has 0 amide bonds. The van der Waals surface area contributed by atoms with Crippen LogP contribution in [0.3, 0.4) is 0 Å². The van der Waals surface area contributed by atoms with Crippen LogP contribution in [0.1, 0.15) is 0 Å². The van der Waals surface area contributed by atoms with Crippen molar-refractivity contribution >= 4 is 47.8 Å². The molecule has 1 aliphatic heterocycles. The van der Waals surface area contributed by atoms with Gasteiger partial charge in [-0.2, -0.15) is 0 Å². The number of halogens is 3. The van der Waals surface area contributed by atoms with Gasteiger partial charge in [0, 0.05) is 8.95 Å². The Hall–Kier alpha value is -0.520. The molecule has 0 unspecified atom stereocenters. The standard InChI is InChI=1S/C12H5Br3O2/c13-6-1-2-9-10(4-6)17-12-8(15)3-7(14)5-11(12)16-9/h1-5H. The predicted octanol–water partition coefficient (Wildman–Crippen LogP) is 5.87. The van der Waals surface area contributed by atoms with Gasteiger partial charge in [-0.05, 0) is 46.3 Å². The summed E-state index contributed by atoms with van der Waals surface area (Å²) in [5.74, 6) is 2.81. The van der Waals surface area contributed by atoms with Crippen LogP contribution in [-0.2, 0) is 0 Å². The first-order chi connectivity index (χ1) is 8.13. The van der Waals surface area contributed by atoms with Crippen LogP contribution >= 0.6 is 47.8 Å². The Bertz CT molecular complexity index is 611. The Morgan fingerprint density at radius 1 is 0.706 bits per heavy atom. The second-order valence-corrected chi connectivity index (χ2v) is 6.20. The van der Waals surface area contributed by atoms with Crippen molar-refractivity contribution in [3.05, 3.63) is 43.7 Å². The van der Waals surface area contributed by atoms with Gasteiger partial charge in [-0.25, -0.2) is 0 Å². The average molecular weight is 421 g/mol. The molecule has 17 heavy (non-hydrogen) atoms. The van der Waals surface area contributed by atoms with E-state index in [1.54, 1.807) is 0 Å². The predicted molar refractivity (Wildman–Crippen MR) is 76.1 cm³/mol. The molecule has 1 heterocycles. The second kappa shape index (κ2) is 4.30. The maximum atomic E-state index is 5.82. The number of ether oxygens (including phenoxy) is 2. The third-order valence-electron chi connectivity index (χ3n) is 2.31. The Labute approximate surface area is 123 Å². The SMILES string of the molecule is Brc1ccc2c(c1)Oc1c(Br)cc(Br)cc1O2. The van der Waals surface area contributed by atoms with Crippen molar-refractivity contribution in [2.75, 3.05) is 0 Å². The van der Waals surface area contributed by atoms with Crippen LogP contribution in [0.2, 0.25) is 0 Å². The zero-order valence-corrected chi connectivity index (χ0v) is 13.1. The summed E-state index contributed by atoms with van der Waals surface area (Å²) < 4.78 is 14.4. The van der Waals surface area contributed by atoms with E-state index in [4.69, 9.17) is 9.47 Å². The lowest BCUT2D eigenvalue weighted by molar-refractivity contribution is 0.357. The summed E-state index contributed by atoms with van der Waals surface area (Å²) in [5, 5.41) is 0. The molecule has 2 aromatic carbocycles. The van der Waals surface area contributed by atoms with E-state index in [0.29, 0.717) is 23.0 Å². The molecule has 1 aliphatic rings. The lowest BCUT2D eigenvalue weighted by Gasteiger charge is -2.21. The highest BCUT2D eigenvalue weighted by Gasteiger charge is 2.21. The van der Waals surface area contributed by atoms with Crippen molar-refractivity contribution in [3.63, 3.8) is 0 Å². The van der Waals surface area contributed by atoms with Gasteiger partial charge in [0.2, 0.25) is 0 Å². The largest absolute Gasteiger partial charge is 0.449 e. The molecule has 0 radical (unpaired) electrons. The molecule has 3 rings (SSSR count). The average Bonchev–Trinajstić information content (AvgIpc) is 2.27. The van der Waals surface area contributed by atoms with E-state index >= 15 is 0 Å². The van der Waals surface area contributed by atoms with Gasteiger partial charge >= 0.3 is 0 Å². The molecular formula is C12H5Br3O2. The fourth-order valence-electron chi connectivity index (χ4n) is 1.59. The van der Waals surface area contributed by atoms with E-state index < -0.39 is 0 Å². The molecule has 0 saturated carbocycles. The monoisotopic (exact) mass is 418 g/mol. The van der Waals surface area contributed by atoms with Gasteiger partial charge in [0.15, 0.2) is 23.0 Å². The summed E-state index contributed by atoms with van der Waals surface area (Å²) in [6.07, 6.45) is 0. The lowest BCUT2D eigenvalue weighted by Crippen LogP contribution is -1.99. The third kappa shape index (κ3) is 2.11. The summed E-state index contributed by atoms with van der Waals surface area (Å²) in [4.78, 5) is 0. The topological polar surface area (TPSA) is 18.5 Å². The van der Waals surface area contributed by atoms with Crippen LogP contribution in [0.25, 0.3) is 0 Å². The fraction of sp³-hybridized carbons (Fsp3) is 0. The van der Waals surface area contributed by atoms with Gasteiger partial charge in [0.05, 0.1) is 4.47 Å². The molecule has 0 atom stereocenters. The summed E-state index contributed by atoms with van der Waals surface area (Å²) in [7, 11) is 0. The molecule has 0 spiro atoms. The third-order valence-corrected chi connectivity index (χ3v) is 3.85. The molecule has 0 bridgehead atoms.